The quantitative estimate of drug-likeness (QED) is 0.729. The first kappa shape index (κ1) is 19.8. The number of aromatic nitrogens is 2. The van der Waals surface area contributed by atoms with Gasteiger partial charge in [0.15, 0.2) is 0 Å². The van der Waals surface area contributed by atoms with Crippen LogP contribution in [0.4, 0.5) is 5.95 Å². The van der Waals surface area contributed by atoms with E-state index in [1.807, 2.05) is 23.1 Å². The van der Waals surface area contributed by atoms with Crippen LogP contribution in [0.25, 0.3) is 0 Å². The molecule has 1 aromatic heterocycles. The highest BCUT2D eigenvalue weighted by Crippen LogP contribution is 2.10. The summed E-state index contributed by atoms with van der Waals surface area (Å²) in [5, 5.41) is 0. The lowest BCUT2D eigenvalue weighted by Crippen LogP contribution is -2.52. The Kier molecular flexibility index (Phi) is 6.94. The van der Waals surface area contributed by atoms with E-state index in [9.17, 15) is 9.59 Å². The largest absolute Gasteiger partial charge is 0.338 e. The molecule has 7 heteroatoms. The number of anilines is 1. The molecular formula is C21H27N5O2. The maximum Gasteiger partial charge on any atom is 0.242 e. The van der Waals surface area contributed by atoms with Crippen molar-refractivity contribution in [3.63, 3.8) is 0 Å². The van der Waals surface area contributed by atoms with Gasteiger partial charge in [0.05, 0.1) is 6.54 Å². The molecule has 1 fully saturated rings. The molecule has 0 unspecified atom stereocenters. The summed E-state index contributed by atoms with van der Waals surface area (Å²) in [6.45, 7) is 4.90. The number of benzene rings is 1. The van der Waals surface area contributed by atoms with Crippen LogP contribution in [-0.4, -0.2) is 70.9 Å². The first-order valence-electron chi connectivity index (χ1n) is 9.72. The average molecular weight is 381 g/mol. The monoisotopic (exact) mass is 381 g/mol. The van der Waals surface area contributed by atoms with E-state index >= 15 is 0 Å². The molecule has 28 heavy (non-hydrogen) atoms. The zero-order chi connectivity index (χ0) is 19.8. The fourth-order valence-electron chi connectivity index (χ4n) is 3.34. The summed E-state index contributed by atoms with van der Waals surface area (Å²) in [7, 11) is 0. The van der Waals surface area contributed by atoms with Gasteiger partial charge in [-0.25, -0.2) is 9.97 Å². The molecule has 1 aliphatic rings. The smallest absolute Gasteiger partial charge is 0.242 e. The Morgan fingerprint density at radius 3 is 2.32 bits per heavy atom. The molecular weight excluding hydrogens is 354 g/mol. The van der Waals surface area contributed by atoms with Crippen molar-refractivity contribution in [1.82, 2.24) is 19.8 Å². The van der Waals surface area contributed by atoms with Crippen molar-refractivity contribution in [2.75, 3.05) is 44.2 Å². The number of hydrogen-bond acceptors (Lipinski definition) is 5. The summed E-state index contributed by atoms with van der Waals surface area (Å²) in [5.74, 6) is 0.641. The van der Waals surface area contributed by atoms with Crippen LogP contribution in [0, 0.1) is 0 Å². The van der Waals surface area contributed by atoms with Crippen LogP contribution >= 0.6 is 0 Å². The van der Waals surface area contributed by atoms with Gasteiger partial charge in [-0.2, -0.15) is 0 Å². The van der Waals surface area contributed by atoms with E-state index in [2.05, 4.69) is 27.0 Å². The summed E-state index contributed by atoms with van der Waals surface area (Å²) in [6, 6.07) is 12.0. The van der Waals surface area contributed by atoms with Gasteiger partial charge in [0.25, 0.3) is 0 Å². The van der Waals surface area contributed by atoms with Crippen LogP contribution in [0.5, 0.6) is 0 Å². The number of amides is 2. The molecule has 0 aliphatic carbocycles. The third kappa shape index (κ3) is 5.52. The van der Waals surface area contributed by atoms with Gasteiger partial charge in [0.1, 0.15) is 0 Å². The first-order chi connectivity index (χ1) is 13.6. The molecule has 0 saturated carbocycles. The van der Waals surface area contributed by atoms with Gasteiger partial charge >= 0.3 is 0 Å². The fourth-order valence-corrected chi connectivity index (χ4v) is 3.34. The predicted octanol–water partition coefficient (Wildman–Crippen LogP) is 1.61. The molecule has 0 radical (unpaired) electrons. The Morgan fingerprint density at radius 1 is 1.00 bits per heavy atom. The summed E-state index contributed by atoms with van der Waals surface area (Å²) in [5.41, 5.74) is 1.25. The molecule has 1 saturated heterocycles. The second-order valence-electron chi connectivity index (χ2n) is 6.95. The van der Waals surface area contributed by atoms with Crippen molar-refractivity contribution in [1.29, 1.82) is 0 Å². The minimum absolute atomic E-state index is 0.00328. The van der Waals surface area contributed by atoms with E-state index in [1.54, 1.807) is 23.4 Å². The van der Waals surface area contributed by atoms with Crippen LogP contribution in [0.3, 0.4) is 0 Å². The van der Waals surface area contributed by atoms with Crippen molar-refractivity contribution < 1.29 is 9.59 Å². The Bertz CT molecular complexity index is 761. The highest BCUT2D eigenvalue weighted by molar-refractivity contribution is 5.84. The van der Waals surface area contributed by atoms with Gasteiger partial charge in [-0.1, -0.05) is 30.3 Å². The average Bonchev–Trinajstić information content (AvgIpc) is 2.74. The maximum absolute atomic E-state index is 12.7. The lowest BCUT2D eigenvalue weighted by molar-refractivity contribution is -0.139. The molecule has 0 N–H and O–H groups in total. The van der Waals surface area contributed by atoms with E-state index in [0.717, 1.165) is 12.8 Å². The Morgan fingerprint density at radius 2 is 1.68 bits per heavy atom. The SMILES string of the molecule is CC(=O)N(CCCc1ccccc1)CC(=O)N1CCN(c2ncccn2)CC1. The first-order valence-corrected chi connectivity index (χ1v) is 9.72. The molecule has 7 nitrogen and oxygen atoms in total. The van der Waals surface area contributed by atoms with Crippen molar-refractivity contribution in [3.05, 3.63) is 54.4 Å². The highest BCUT2D eigenvalue weighted by Gasteiger charge is 2.24. The number of rotatable bonds is 7. The van der Waals surface area contributed by atoms with Gasteiger partial charge < -0.3 is 14.7 Å². The molecule has 148 valence electrons. The van der Waals surface area contributed by atoms with Crippen molar-refractivity contribution >= 4 is 17.8 Å². The minimum Gasteiger partial charge on any atom is -0.338 e. The second kappa shape index (κ2) is 9.82. The van der Waals surface area contributed by atoms with Gasteiger partial charge in [-0.15, -0.1) is 0 Å². The van der Waals surface area contributed by atoms with Crippen LogP contribution in [-0.2, 0) is 16.0 Å². The van der Waals surface area contributed by atoms with Crippen LogP contribution < -0.4 is 4.90 Å². The van der Waals surface area contributed by atoms with Gasteiger partial charge in [0, 0.05) is 52.0 Å². The predicted molar refractivity (Wildman–Crippen MR) is 108 cm³/mol. The zero-order valence-corrected chi connectivity index (χ0v) is 16.3. The molecule has 3 rings (SSSR count). The summed E-state index contributed by atoms with van der Waals surface area (Å²) >= 11 is 0. The standard InChI is InChI=1S/C21H27N5O2/c1-18(27)26(12-5-9-19-7-3-2-4-8-19)17-20(28)24-13-15-25(16-14-24)21-22-10-6-11-23-21/h2-4,6-8,10-11H,5,9,12-17H2,1H3. The van der Waals surface area contributed by atoms with Crippen molar-refractivity contribution in [3.8, 4) is 0 Å². The number of nitrogens with zero attached hydrogens (tertiary/aromatic N) is 5. The lowest BCUT2D eigenvalue weighted by Gasteiger charge is -2.35. The highest BCUT2D eigenvalue weighted by atomic mass is 16.2. The number of carbonyl (C=O) groups excluding carboxylic acids is 2. The Balaban J connectivity index is 1.46. The number of aryl methyl sites for hydroxylation is 1. The Hall–Kier alpha value is -2.96. The van der Waals surface area contributed by atoms with Crippen molar-refractivity contribution in [2.45, 2.75) is 19.8 Å². The number of carbonyl (C=O) groups is 2. The third-order valence-corrected chi connectivity index (χ3v) is 4.98. The lowest BCUT2D eigenvalue weighted by atomic mass is 10.1. The van der Waals surface area contributed by atoms with Crippen LogP contribution in [0.1, 0.15) is 18.9 Å². The topological polar surface area (TPSA) is 69.6 Å². The van der Waals surface area contributed by atoms with E-state index in [0.29, 0.717) is 38.7 Å². The van der Waals surface area contributed by atoms with E-state index in [-0.39, 0.29) is 18.4 Å². The van der Waals surface area contributed by atoms with Crippen LogP contribution in [0.2, 0.25) is 0 Å². The molecule has 2 aromatic rings. The molecule has 0 bridgehead atoms. The van der Waals surface area contributed by atoms with Gasteiger partial charge in [-0.05, 0) is 24.5 Å². The van der Waals surface area contributed by atoms with Crippen LogP contribution in [0.15, 0.2) is 48.8 Å². The summed E-state index contributed by atoms with van der Waals surface area (Å²) in [6.07, 6.45) is 5.19. The third-order valence-electron chi connectivity index (χ3n) is 4.98. The second-order valence-corrected chi connectivity index (χ2v) is 6.95. The molecule has 0 atom stereocenters. The molecule has 2 amide bonds. The Labute approximate surface area is 166 Å². The molecule has 1 aromatic carbocycles. The minimum atomic E-state index is -0.0577. The molecule has 1 aliphatic heterocycles. The number of hydrogen-bond donors (Lipinski definition) is 0. The fraction of sp³-hybridized carbons (Fsp3) is 0.429. The zero-order valence-electron chi connectivity index (χ0n) is 16.3. The maximum atomic E-state index is 12.7. The number of piperazine rings is 1. The van der Waals surface area contributed by atoms with Crippen molar-refractivity contribution in [2.24, 2.45) is 0 Å². The van der Waals surface area contributed by atoms with E-state index in [4.69, 9.17) is 0 Å². The van der Waals surface area contributed by atoms with E-state index in [1.165, 1.54) is 12.5 Å². The molecule has 2 heterocycles. The normalized spacial score (nSPS) is 14.0. The summed E-state index contributed by atoms with van der Waals surface area (Å²) < 4.78 is 0. The van der Waals surface area contributed by atoms with Gasteiger partial charge in [-0.3, -0.25) is 9.59 Å². The van der Waals surface area contributed by atoms with E-state index < -0.39 is 0 Å². The molecule has 0 spiro atoms. The van der Waals surface area contributed by atoms with Gasteiger partial charge in [0.2, 0.25) is 17.8 Å². The summed E-state index contributed by atoms with van der Waals surface area (Å²) in [4.78, 5) is 38.7.